The van der Waals surface area contributed by atoms with Crippen LogP contribution in [0.2, 0.25) is 0 Å². The predicted molar refractivity (Wildman–Crippen MR) is 59.5 cm³/mol. The van der Waals surface area contributed by atoms with Crippen LogP contribution in [-0.4, -0.2) is 27.0 Å². The number of hydrogen-bond donors (Lipinski definition) is 1. The van der Waals surface area contributed by atoms with Gasteiger partial charge in [0, 0.05) is 12.8 Å². The molecular weight excluding hydrogens is 214 g/mol. The van der Waals surface area contributed by atoms with Crippen molar-refractivity contribution in [2.45, 2.75) is 6.54 Å². The van der Waals surface area contributed by atoms with Gasteiger partial charge in [0.15, 0.2) is 9.84 Å². The van der Waals surface area contributed by atoms with Gasteiger partial charge in [0.1, 0.15) is 12.4 Å². The normalized spacial score (nSPS) is 11.3. The van der Waals surface area contributed by atoms with Crippen LogP contribution in [-0.2, 0) is 16.4 Å². The highest BCUT2D eigenvalue weighted by Gasteiger charge is 2.02. The van der Waals surface area contributed by atoms with Gasteiger partial charge in [0.25, 0.3) is 0 Å². The lowest BCUT2D eigenvalue weighted by Gasteiger charge is -2.05. The van der Waals surface area contributed by atoms with Gasteiger partial charge in [-0.25, -0.2) is 8.42 Å². The molecular formula is C10H15NO3S. The highest BCUT2D eigenvalue weighted by atomic mass is 32.2. The molecule has 4 nitrogen and oxygen atoms in total. The molecule has 0 radical (unpaired) electrons. The zero-order valence-corrected chi connectivity index (χ0v) is 9.46. The third-order valence-electron chi connectivity index (χ3n) is 1.88. The van der Waals surface area contributed by atoms with Crippen molar-refractivity contribution >= 4 is 9.84 Å². The molecule has 0 atom stereocenters. The van der Waals surface area contributed by atoms with Crippen molar-refractivity contribution in [3.8, 4) is 5.75 Å². The van der Waals surface area contributed by atoms with Crippen LogP contribution in [0.4, 0.5) is 0 Å². The molecule has 0 bridgehead atoms. The molecule has 1 aromatic carbocycles. The van der Waals surface area contributed by atoms with Crippen molar-refractivity contribution in [3.63, 3.8) is 0 Å². The van der Waals surface area contributed by atoms with Crippen molar-refractivity contribution in [1.82, 2.24) is 0 Å². The summed E-state index contributed by atoms with van der Waals surface area (Å²) in [5.74, 6) is 0.696. The number of hydrogen-bond acceptors (Lipinski definition) is 4. The van der Waals surface area contributed by atoms with Gasteiger partial charge in [-0.05, 0) is 17.7 Å². The van der Waals surface area contributed by atoms with E-state index in [2.05, 4.69) is 0 Å². The fraction of sp³-hybridized carbons (Fsp3) is 0.400. The second-order valence-electron chi connectivity index (χ2n) is 3.33. The van der Waals surface area contributed by atoms with E-state index >= 15 is 0 Å². The van der Waals surface area contributed by atoms with Crippen molar-refractivity contribution in [1.29, 1.82) is 0 Å². The molecule has 0 aliphatic carbocycles. The highest BCUT2D eigenvalue weighted by molar-refractivity contribution is 7.90. The second-order valence-corrected chi connectivity index (χ2v) is 5.59. The molecule has 0 spiro atoms. The first-order chi connectivity index (χ1) is 7.01. The minimum absolute atomic E-state index is 0.0334. The maximum atomic E-state index is 10.8. The topological polar surface area (TPSA) is 69.4 Å². The van der Waals surface area contributed by atoms with Crippen LogP contribution in [0.3, 0.4) is 0 Å². The Morgan fingerprint density at radius 3 is 2.33 bits per heavy atom. The Hall–Kier alpha value is -1.07. The van der Waals surface area contributed by atoms with Crippen LogP contribution in [0.5, 0.6) is 5.75 Å². The summed E-state index contributed by atoms with van der Waals surface area (Å²) in [6, 6.07) is 7.28. The summed E-state index contributed by atoms with van der Waals surface area (Å²) in [5.41, 5.74) is 6.46. The largest absolute Gasteiger partial charge is 0.493 e. The van der Waals surface area contributed by atoms with E-state index in [1.54, 1.807) is 12.1 Å². The number of rotatable bonds is 5. The minimum Gasteiger partial charge on any atom is -0.493 e. The minimum atomic E-state index is -2.95. The van der Waals surface area contributed by atoms with E-state index in [1.807, 2.05) is 12.1 Å². The maximum absolute atomic E-state index is 10.8. The maximum Gasteiger partial charge on any atom is 0.150 e. The van der Waals surface area contributed by atoms with Gasteiger partial charge >= 0.3 is 0 Å². The Morgan fingerprint density at radius 2 is 1.87 bits per heavy atom. The fourth-order valence-electron chi connectivity index (χ4n) is 1.03. The Bertz CT molecular complexity index is 397. The summed E-state index contributed by atoms with van der Waals surface area (Å²) in [5, 5.41) is 0. The Kier molecular flexibility index (Phi) is 4.11. The average molecular weight is 229 g/mol. The van der Waals surface area contributed by atoms with Crippen LogP contribution in [0, 0.1) is 0 Å². The number of benzene rings is 1. The summed E-state index contributed by atoms with van der Waals surface area (Å²) in [6.45, 7) is 0.671. The van der Waals surface area contributed by atoms with E-state index in [0.717, 1.165) is 5.56 Å². The van der Waals surface area contributed by atoms with Crippen LogP contribution in [0.25, 0.3) is 0 Å². The summed E-state index contributed by atoms with van der Waals surface area (Å²) in [4.78, 5) is 0. The third-order valence-corrected chi connectivity index (χ3v) is 2.79. The smallest absolute Gasteiger partial charge is 0.150 e. The van der Waals surface area contributed by atoms with E-state index in [9.17, 15) is 8.42 Å². The summed E-state index contributed by atoms with van der Waals surface area (Å²) in [6.07, 6.45) is 1.19. The molecule has 1 aromatic rings. The van der Waals surface area contributed by atoms with Crippen LogP contribution >= 0.6 is 0 Å². The fourth-order valence-corrected chi connectivity index (χ4v) is 1.42. The predicted octanol–water partition coefficient (Wildman–Crippen LogP) is 0.569. The lowest BCUT2D eigenvalue weighted by atomic mass is 10.2. The van der Waals surface area contributed by atoms with E-state index in [0.29, 0.717) is 12.3 Å². The molecule has 1 rings (SSSR count). The first-order valence-electron chi connectivity index (χ1n) is 4.61. The van der Waals surface area contributed by atoms with E-state index in [1.165, 1.54) is 6.26 Å². The summed E-state index contributed by atoms with van der Waals surface area (Å²) < 4.78 is 26.9. The molecule has 0 fully saturated rings. The lowest BCUT2D eigenvalue weighted by molar-refractivity contribution is 0.341. The molecule has 15 heavy (non-hydrogen) atoms. The highest BCUT2D eigenvalue weighted by Crippen LogP contribution is 2.11. The number of nitrogens with two attached hydrogens (primary N) is 1. The molecule has 0 amide bonds. The first-order valence-corrected chi connectivity index (χ1v) is 6.67. The monoisotopic (exact) mass is 229 g/mol. The SMILES string of the molecule is CS(=O)(=O)CCOc1ccc(CN)cc1. The molecule has 0 unspecified atom stereocenters. The van der Waals surface area contributed by atoms with Crippen LogP contribution < -0.4 is 10.5 Å². The zero-order chi connectivity index (χ0) is 11.3. The molecule has 0 aliphatic heterocycles. The van der Waals surface area contributed by atoms with Crippen LogP contribution in [0.1, 0.15) is 5.56 Å². The van der Waals surface area contributed by atoms with Gasteiger partial charge < -0.3 is 10.5 Å². The third kappa shape index (κ3) is 4.80. The van der Waals surface area contributed by atoms with Crippen LogP contribution in [0.15, 0.2) is 24.3 Å². The molecule has 0 saturated carbocycles. The summed E-state index contributed by atoms with van der Waals surface area (Å²) >= 11 is 0. The molecule has 0 aromatic heterocycles. The average Bonchev–Trinajstić information content (AvgIpc) is 2.17. The number of sulfone groups is 1. The molecule has 5 heteroatoms. The van der Waals surface area contributed by atoms with Gasteiger partial charge in [-0.2, -0.15) is 0 Å². The van der Waals surface area contributed by atoms with Gasteiger partial charge in [0.2, 0.25) is 0 Å². The van der Waals surface area contributed by atoms with E-state index in [4.69, 9.17) is 10.5 Å². The molecule has 84 valence electrons. The van der Waals surface area contributed by atoms with E-state index < -0.39 is 9.84 Å². The summed E-state index contributed by atoms with van der Waals surface area (Å²) in [7, 11) is -2.95. The van der Waals surface area contributed by atoms with Gasteiger partial charge in [-0.15, -0.1) is 0 Å². The molecule has 0 aliphatic rings. The quantitative estimate of drug-likeness (QED) is 0.801. The Balaban J connectivity index is 2.45. The first kappa shape index (κ1) is 12.0. The zero-order valence-electron chi connectivity index (χ0n) is 8.64. The van der Waals surface area contributed by atoms with Crippen molar-refractivity contribution < 1.29 is 13.2 Å². The lowest BCUT2D eigenvalue weighted by Crippen LogP contribution is -2.12. The molecule has 0 heterocycles. The number of ether oxygens (including phenoxy) is 1. The van der Waals surface area contributed by atoms with Crippen molar-refractivity contribution in [2.75, 3.05) is 18.6 Å². The molecule has 2 N–H and O–H groups in total. The standard InChI is InChI=1S/C10H15NO3S/c1-15(12,13)7-6-14-10-4-2-9(8-11)3-5-10/h2-5H,6-8,11H2,1H3. The second kappa shape index (κ2) is 5.14. The van der Waals surface area contributed by atoms with E-state index in [-0.39, 0.29) is 12.4 Å². The Labute approximate surface area is 90.0 Å². The van der Waals surface area contributed by atoms with Gasteiger partial charge in [-0.3, -0.25) is 0 Å². The molecule has 0 saturated heterocycles. The van der Waals surface area contributed by atoms with Gasteiger partial charge in [-0.1, -0.05) is 12.1 Å². The van der Waals surface area contributed by atoms with Gasteiger partial charge in [0.05, 0.1) is 5.75 Å². The van der Waals surface area contributed by atoms with Crippen molar-refractivity contribution in [2.24, 2.45) is 5.73 Å². The van der Waals surface area contributed by atoms with Crippen molar-refractivity contribution in [3.05, 3.63) is 29.8 Å². The Morgan fingerprint density at radius 1 is 1.27 bits per heavy atom.